The van der Waals surface area contributed by atoms with Crippen LogP contribution in [-0.2, 0) is 6.42 Å². The van der Waals surface area contributed by atoms with Gasteiger partial charge in [-0.1, -0.05) is 143 Å². The molecule has 0 aliphatic carbocycles. The van der Waals surface area contributed by atoms with E-state index in [-0.39, 0.29) is 0 Å². The van der Waals surface area contributed by atoms with Crippen LogP contribution >= 0.6 is 43.2 Å². The van der Waals surface area contributed by atoms with Crippen LogP contribution in [0.5, 0.6) is 17.2 Å². The van der Waals surface area contributed by atoms with Gasteiger partial charge in [-0.2, -0.15) is 0 Å². The Bertz CT molecular complexity index is 3290. The fraction of sp³-hybridized carbons (Fsp3) is 0.203. The maximum Gasteiger partial charge on any atom is 0.124 e. The normalized spacial score (nSPS) is 11.2. The van der Waals surface area contributed by atoms with Crippen LogP contribution in [-0.4, -0.2) is 24.8 Å². The van der Waals surface area contributed by atoms with Gasteiger partial charge in [0.1, 0.15) is 22.3 Å². The number of hydrogen-bond acceptors (Lipinski definition) is 7. The summed E-state index contributed by atoms with van der Waals surface area (Å²) in [6.45, 7) is 2.18. The Morgan fingerprint density at radius 3 is 1.19 bits per heavy atom. The molecule has 0 N–H and O–H groups in total. The summed E-state index contributed by atoms with van der Waals surface area (Å²) < 4.78 is 21.7. The smallest absolute Gasteiger partial charge is 0.124 e. The maximum atomic E-state index is 6.21. The van der Waals surface area contributed by atoms with E-state index in [1.807, 2.05) is 0 Å². The predicted molar refractivity (Wildman–Crippen MR) is 335 cm³/mol. The van der Waals surface area contributed by atoms with E-state index in [9.17, 15) is 0 Å². The SMILES string of the molecule is Brc1ccc(N(c2ccc(Br)cc2)c2ccc(-c3nc4ccc(OCCCCCCCCCCOc5ccc(-c6ccc(OCCCCc7ccc(N(c8ccccc8)c8ccccc8)cc7)cc6)cc5)cc4s3)cc2)cc1. The topological polar surface area (TPSA) is 47.1 Å². The van der Waals surface area contributed by atoms with Gasteiger partial charge in [0.25, 0.3) is 0 Å². The third-order valence-corrected chi connectivity index (χ3v) is 16.0. The molecular formula is C69H65Br2N3O3S. The third kappa shape index (κ3) is 15.1. The van der Waals surface area contributed by atoms with Crippen LogP contribution in [0.25, 0.3) is 31.9 Å². The average molecular weight is 1180 g/mol. The second-order valence-corrected chi connectivity index (χ2v) is 22.4. The first kappa shape index (κ1) is 54.2. The zero-order valence-electron chi connectivity index (χ0n) is 44.0. The number of hydrogen-bond donors (Lipinski definition) is 0. The molecule has 9 aromatic carbocycles. The lowest BCUT2D eigenvalue weighted by Crippen LogP contribution is -2.09. The summed E-state index contributed by atoms with van der Waals surface area (Å²) in [4.78, 5) is 9.54. The molecule has 6 nitrogen and oxygen atoms in total. The summed E-state index contributed by atoms with van der Waals surface area (Å²) in [7, 11) is 0. The Morgan fingerprint density at radius 2 is 0.718 bits per heavy atom. The van der Waals surface area contributed by atoms with Crippen molar-refractivity contribution in [3.05, 3.63) is 239 Å². The maximum absolute atomic E-state index is 6.21. The molecule has 0 spiro atoms. The molecule has 0 fully saturated rings. The molecule has 0 bridgehead atoms. The van der Waals surface area contributed by atoms with E-state index in [4.69, 9.17) is 19.2 Å². The molecular weight excluding hydrogens is 1110 g/mol. The number of halogens is 2. The van der Waals surface area contributed by atoms with Gasteiger partial charge in [-0.3, -0.25) is 0 Å². The molecule has 0 aliphatic heterocycles. The highest BCUT2D eigenvalue weighted by molar-refractivity contribution is 9.10. The molecule has 394 valence electrons. The first-order chi connectivity index (χ1) is 38.5. The van der Waals surface area contributed by atoms with E-state index in [1.54, 1.807) is 11.3 Å². The zero-order chi connectivity index (χ0) is 53.1. The summed E-state index contributed by atoms with van der Waals surface area (Å²) in [5.74, 6) is 2.74. The lowest BCUT2D eigenvalue weighted by atomic mass is 10.1. The third-order valence-electron chi connectivity index (χ3n) is 13.9. The van der Waals surface area contributed by atoms with E-state index in [0.29, 0.717) is 6.61 Å². The molecule has 0 aliphatic rings. The molecule has 10 aromatic rings. The quantitative estimate of drug-likeness (QED) is 0.0478. The molecule has 0 saturated carbocycles. The van der Waals surface area contributed by atoms with Crippen LogP contribution in [0.1, 0.15) is 69.8 Å². The summed E-state index contributed by atoms with van der Waals surface area (Å²) in [6.07, 6.45) is 12.6. The number of rotatable bonds is 27. The van der Waals surface area contributed by atoms with Crippen molar-refractivity contribution in [1.82, 2.24) is 4.98 Å². The van der Waals surface area contributed by atoms with Crippen LogP contribution in [0.3, 0.4) is 0 Å². The van der Waals surface area contributed by atoms with Crippen molar-refractivity contribution >= 4 is 87.5 Å². The number of nitrogens with zero attached hydrogens (tertiary/aromatic N) is 3. The number of para-hydroxylation sites is 2. The van der Waals surface area contributed by atoms with Crippen molar-refractivity contribution in [2.24, 2.45) is 0 Å². The van der Waals surface area contributed by atoms with Gasteiger partial charge in [0.2, 0.25) is 0 Å². The van der Waals surface area contributed by atoms with Crippen LogP contribution in [0.2, 0.25) is 0 Å². The number of fused-ring (bicyclic) bond motifs is 1. The number of aromatic nitrogens is 1. The van der Waals surface area contributed by atoms with Gasteiger partial charge in [-0.05, 0) is 200 Å². The van der Waals surface area contributed by atoms with Crippen LogP contribution < -0.4 is 24.0 Å². The Labute approximate surface area is 481 Å². The molecule has 10 rings (SSSR count). The van der Waals surface area contributed by atoms with Gasteiger partial charge < -0.3 is 24.0 Å². The molecule has 0 saturated heterocycles. The van der Waals surface area contributed by atoms with E-state index in [0.717, 1.165) is 126 Å². The summed E-state index contributed by atoms with van der Waals surface area (Å²) in [5.41, 5.74) is 12.5. The van der Waals surface area contributed by atoms with E-state index >= 15 is 0 Å². The number of benzene rings is 9. The second kappa shape index (κ2) is 27.9. The molecule has 9 heteroatoms. The van der Waals surface area contributed by atoms with Crippen LogP contribution in [0.15, 0.2) is 233 Å². The number of unbranched alkanes of at least 4 members (excludes halogenated alkanes) is 8. The molecule has 1 heterocycles. The Hall–Kier alpha value is -7.17. The Morgan fingerprint density at radius 1 is 0.346 bits per heavy atom. The van der Waals surface area contributed by atoms with Gasteiger partial charge in [0.15, 0.2) is 0 Å². The Balaban J connectivity index is 0.567. The largest absolute Gasteiger partial charge is 0.494 e. The van der Waals surface area contributed by atoms with Crippen molar-refractivity contribution in [3.8, 4) is 38.9 Å². The molecule has 0 amide bonds. The van der Waals surface area contributed by atoms with Crippen LogP contribution in [0.4, 0.5) is 34.1 Å². The van der Waals surface area contributed by atoms with Crippen molar-refractivity contribution < 1.29 is 14.2 Å². The molecule has 78 heavy (non-hydrogen) atoms. The van der Waals surface area contributed by atoms with Crippen molar-refractivity contribution in [2.45, 2.75) is 70.6 Å². The van der Waals surface area contributed by atoms with Crippen molar-refractivity contribution in [2.75, 3.05) is 29.6 Å². The fourth-order valence-corrected chi connectivity index (χ4v) is 11.2. The molecule has 0 radical (unpaired) electrons. The zero-order valence-corrected chi connectivity index (χ0v) is 48.0. The first-order valence-electron chi connectivity index (χ1n) is 27.4. The lowest BCUT2D eigenvalue weighted by molar-refractivity contribution is 0.301. The highest BCUT2D eigenvalue weighted by atomic mass is 79.9. The van der Waals surface area contributed by atoms with E-state index in [1.165, 1.54) is 55.2 Å². The summed E-state index contributed by atoms with van der Waals surface area (Å²) in [6, 6.07) is 78.7. The highest BCUT2D eigenvalue weighted by Crippen LogP contribution is 2.39. The lowest BCUT2D eigenvalue weighted by Gasteiger charge is -2.25. The molecule has 1 aromatic heterocycles. The Kier molecular flexibility index (Phi) is 19.4. The number of anilines is 6. The van der Waals surface area contributed by atoms with Gasteiger partial charge in [0, 0.05) is 48.6 Å². The van der Waals surface area contributed by atoms with Gasteiger partial charge in [0.05, 0.1) is 30.0 Å². The van der Waals surface area contributed by atoms with E-state index in [2.05, 4.69) is 266 Å². The minimum atomic E-state index is 0.702. The number of ether oxygens (including phenoxy) is 3. The average Bonchev–Trinajstić information content (AvgIpc) is 3.95. The van der Waals surface area contributed by atoms with Crippen molar-refractivity contribution in [1.29, 1.82) is 0 Å². The van der Waals surface area contributed by atoms with Crippen LogP contribution in [0, 0.1) is 0 Å². The van der Waals surface area contributed by atoms with Gasteiger partial charge >= 0.3 is 0 Å². The predicted octanol–water partition coefficient (Wildman–Crippen LogP) is 21.1. The number of aryl methyl sites for hydroxylation is 1. The minimum absolute atomic E-state index is 0.702. The van der Waals surface area contributed by atoms with Gasteiger partial charge in [-0.15, -0.1) is 11.3 Å². The standard InChI is InChI=1S/C69H65Br2N3O3S/c70-56-30-38-62(39-31-56)74(63-40-32-57(71)33-41-63)61-36-24-55(25-37-61)69-72-67-47-46-66(51-68(67)78-69)77-49-15-6-4-2-1-3-5-14-48-75-64-42-26-53(27-43-64)54-28-44-65(45-29-54)76-50-16-13-17-52-22-34-60(35-23-52)73(58-18-9-7-10-19-58)59-20-11-8-12-21-59/h7-12,18-47,51H,1-6,13-17,48-50H2. The highest BCUT2D eigenvalue weighted by Gasteiger charge is 2.16. The molecule has 0 unspecified atom stereocenters. The monoisotopic (exact) mass is 1170 g/mol. The first-order valence-corrected chi connectivity index (χ1v) is 29.8. The minimum Gasteiger partial charge on any atom is -0.494 e. The van der Waals surface area contributed by atoms with Gasteiger partial charge in [-0.25, -0.2) is 4.98 Å². The summed E-state index contributed by atoms with van der Waals surface area (Å²) in [5, 5.41) is 1.00. The fourth-order valence-electron chi connectivity index (χ4n) is 9.67. The second-order valence-electron chi connectivity index (χ2n) is 19.5. The van der Waals surface area contributed by atoms with Crippen molar-refractivity contribution in [3.63, 3.8) is 0 Å². The number of thiazole rings is 1. The molecule has 0 atom stereocenters. The van der Waals surface area contributed by atoms with E-state index < -0.39 is 0 Å². The summed E-state index contributed by atoms with van der Waals surface area (Å²) >= 11 is 8.87.